The zero-order valence-electron chi connectivity index (χ0n) is 14.0. The van der Waals surface area contributed by atoms with Gasteiger partial charge < -0.3 is 0 Å². The summed E-state index contributed by atoms with van der Waals surface area (Å²) < 4.78 is 0. The van der Waals surface area contributed by atoms with Crippen molar-refractivity contribution in [2.75, 3.05) is 6.54 Å². The lowest BCUT2D eigenvalue weighted by Crippen LogP contribution is -2.45. The maximum atomic E-state index is 12.2. The van der Waals surface area contributed by atoms with E-state index in [-0.39, 0.29) is 11.8 Å². The minimum atomic E-state index is -0.376. The lowest BCUT2D eigenvalue weighted by atomic mass is 10.0. The van der Waals surface area contributed by atoms with Crippen LogP contribution in [0.25, 0.3) is 0 Å². The number of allylic oxidation sites excluding steroid dienone is 1. The molecule has 1 aliphatic rings. The standard InChI is InChI=1S/C18H25N3O3/c1-14(7-3-2-4-10-17(22)20-24)18(23)19-21-12-11-15-8-5-6-9-16(15)13-21/h5-9,24H,2-4,10-13H2,1H3,(H,19,23)(H,20,22)/b14-7+. The van der Waals surface area contributed by atoms with Crippen LogP contribution in [0.1, 0.15) is 43.7 Å². The Balaban J connectivity index is 1.74. The van der Waals surface area contributed by atoms with Gasteiger partial charge in [-0.15, -0.1) is 0 Å². The van der Waals surface area contributed by atoms with Crippen molar-refractivity contribution in [2.24, 2.45) is 0 Å². The number of hydroxylamine groups is 1. The van der Waals surface area contributed by atoms with Gasteiger partial charge >= 0.3 is 0 Å². The number of hydrazine groups is 1. The van der Waals surface area contributed by atoms with Gasteiger partial charge in [0, 0.05) is 25.1 Å². The second-order valence-electron chi connectivity index (χ2n) is 6.05. The molecule has 0 saturated heterocycles. The van der Waals surface area contributed by atoms with Crippen LogP contribution in [-0.4, -0.2) is 28.6 Å². The van der Waals surface area contributed by atoms with E-state index in [2.05, 4.69) is 17.6 Å². The summed E-state index contributed by atoms with van der Waals surface area (Å²) in [6.45, 7) is 3.34. The van der Waals surface area contributed by atoms with Crippen molar-refractivity contribution in [1.82, 2.24) is 15.9 Å². The Hall–Kier alpha value is -2.18. The molecule has 0 aromatic heterocycles. The highest BCUT2D eigenvalue weighted by molar-refractivity contribution is 5.92. The highest BCUT2D eigenvalue weighted by atomic mass is 16.5. The van der Waals surface area contributed by atoms with Crippen LogP contribution in [0.15, 0.2) is 35.9 Å². The molecule has 1 heterocycles. The van der Waals surface area contributed by atoms with Gasteiger partial charge in [-0.3, -0.25) is 20.2 Å². The molecule has 130 valence electrons. The fourth-order valence-corrected chi connectivity index (χ4v) is 2.72. The Labute approximate surface area is 142 Å². The molecule has 0 radical (unpaired) electrons. The Morgan fingerprint density at radius 3 is 2.75 bits per heavy atom. The first kappa shape index (κ1) is 18.2. The van der Waals surface area contributed by atoms with E-state index in [4.69, 9.17) is 5.21 Å². The van der Waals surface area contributed by atoms with Gasteiger partial charge in [0.1, 0.15) is 0 Å². The van der Waals surface area contributed by atoms with E-state index in [1.165, 1.54) is 11.1 Å². The largest absolute Gasteiger partial charge is 0.289 e. The second kappa shape index (κ2) is 9.20. The Kier molecular flexibility index (Phi) is 6.96. The van der Waals surface area contributed by atoms with Crippen LogP contribution in [0.4, 0.5) is 0 Å². The molecule has 0 spiro atoms. The molecular weight excluding hydrogens is 306 g/mol. The Bertz CT molecular complexity index is 613. The van der Waals surface area contributed by atoms with Crippen molar-refractivity contribution in [3.63, 3.8) is 0 Å². The van der Waals surface area contributed by atoms with Gasteiger partial charge in [-0.05, 0) is 43.7 Å². The van der Waals surface area contributed by atoms with E-state index in [1.54, 1.807) is 12.4 Å². The molecule has 0 atom stereocenters. The summed E-state index contributed by atoms with van der Waals surface area (Å²) in [5.74, 6) is -0.457. The van der Waals surface area contributed by atoms with Gasteiger partial charge in [-0.1, -0.05) is 30.3 Å². The number of unbranched alkanes of at least 4 members (excludes halogenated alkanes) is 2. The molecule has 2 amide bonds. The summed E-state index contributed by atoms with van der Waals surface area (Å²) in [5.41, 5.74) is 7.86. The zero-order valence-corrected chi connectivity index (χ0v) is 14.0. The maximum absolute atomic E-state index is 12.2. The quantitative estimate of drug-likeness (QED) is 0.309. The Morgan fingerprint density at radius 1 is 1.25 bits per heavy atom. The van der Waals surface area contributed by atoms with Crippen molar-refractivity contribution in [3.05, 3.63) is 47.0 Å². The number of carbonyl (C=O) groups excluding carboxylic acids is 2. The number of carbonyl (C=O) groups is 2. The minimum absolute atomic E-state index is 0.0810. The van der Waals surface area contributed by atoms with E-state index in [0.29, 0.717) is 18.4 Å². The number of nitrogens with one attached hydrogen (secondary N) is 2. The Morgan fingerprint density at radius 2 is 2.00 bits per heavy atom. The number of amides is 2. The molecule has 24 heavy (non-hydrogen) atoms. The first-order valence-corrected chi connectivity index (χ1v) is 8.32. The first-order chi connectivity index (χ1) is 11.6. The predicted molar refractivity (Wildman–Crippen MR) is 90.9 cm³/mol. The highest BCUT2D eigenvalue weighted by Crippen LogP contribution is 2.17. The van der Waals surface area contributed by atoms with Crippen LogP contribution in [0.2, 0.25) is 0 Å². The van der Waals surface area contributed by atoms with E-state index >= 15 is 0 Å². The normalized spacial score (nSPS) is 14.8. The van der Waals surface area contributed by atoms with Crippen molar-refractivity contribution < 1.29 is 14.8 Å². The van der Waals surface area contributed by atoms with Crippen molar-refractivity contribution in [3.8, 4) is 0 Å². The van der Waals surface area contributed by atoms with E-state index in [1.807, 2.05) is 23.2 Å². The molecule has 6 nitrogen and oxygen atoms in total. The molecule has 0 saturated carbocycles. The number of fused-ring (bicyclic) bond motifs is 1. The maximum Gasteiger partial charge on any atom is 0.260 e. The third kappa shape index (κ3) is 5.47. The molecule has 0 unspecified atom stereocenters. The van der Waals surface area contributed by atoms with Gasteiger partial charge in [-0.2, -0.15) is 0 Å². The first-order valence-electron chi connectivity index (χ1n) is 8.32. The van der Waals surface area contributed by atoms with Gasteiger partial charge in [0.05, 0.1) is 0 Å². The van der Waals surface area contributed by atoms with Crippen LogP contribution in [-0.2, 0) is 22.6 Å². The van der Waals surface area contributed by atoms with Gasteiger partial charge in [0.25, 0.3) is 5.91 Å². The second-order valence-corrected chi connectivity index (χ2v) is 6.05. The molecule has 3 N–H and O–H groups in total. The molecule has 1 aromatic carbocycles. The summed E-state index contributed by atoms with van der Waals surface area (Å²) >= 11 is 0. The van der Waals surface area contributed by atoms with Gasteiger partial charge in [-0.25, -0.2) is 10.5 Å². The highest BCUT2D eigenvalue weighted by Gasteiger charge is 2.17. The number of rotatable bonds is 7. The van der Waals surface area contributed by atoms with E-state index < -0.39 is 0 Å². The molecule has 1 aliphatic heterocycles. The average Bonchev–Trinajstić information content (AvgIpc) is 2.60. The summed E-state index contributed by atoms with van der Waals surface area (Å²) in [6, 6.07) is 8.30. The van der Waals surface area contributed by atoms with E-state index in [9.17, 15) is 9.59 Å². The van der Waals surface area contributed by atoms with Gasteiger partial charge in [0.2, 0.25) is 5.91 Å². The lowest BCUT2D eigenvalue weighted by molar-refractivity contribution is -0.129. The monoisotopic (exact) mass is 331 g/mol. The number of hydrogen-bond acceptors (Lipinski definition) is 4. The third-order valence-corrected chi connectivity index (χ3v) is 4.18. The summed E-state index contributed by atoms with van der Waals surface area (Å²) in [4.78, 5) is 23.1. The topological polar surface area (TPSA) is 81.7 Å². The SMILES string of the molecule is C/C(=C\CCCCC(=O)NO)C(=O)NN1CCc2ccccc2C1. The molecule has 0 bridgehead atoms. The summed E-state index contributed by atoms with van der Waals surface area (Å²) in [7, 11) is 0. The number of benzene rings is 1. The molecule has 0 aliphatic carbocycles. The zero-order chi connectivity index (χ0) is 17.4. The van der Waals surface area contributed by atoms with Gasteiger partial charge in [0.15, 0.2) is 0 Å². The number of hydrogen-bond donors (Lipinski definition) is 3. The van der Waals surface area contributed by atoms with Crippen LogP contribution in [0.3, 0.4) is 0 Å². The molecule has 1 aromatic rings. The van der Waals surface area contributed by atoms with Crippen molar-refractivity contribution in [1.29, 1.82) is 0 Å². The lowest BCUT2D eigenvalue weighted by Gasteiger charge is -2.29. The molecule has 2 rings (SSSR count). The van der Waals surface area contributed by atoms with Crippen LogP contribution < -0.4 is 10.9 Å². The molecule has 0 fully saturated rings. The van der Waals surface area contributed by atoms with Crippen LogP contribution in [0, 0.1) is 0 Å². The summed E-state index contributed by atoms with van der Waals surface area (Å²) in [6.07, 6.45) is 5.34. The fourth-order valence-electron chi connectivity index (χ4n) is 2.72. The minimum Gasteiger partial charge on any atom is -0.289 e. The van der Waals surface area contributed by atoms with Crippen LogP contribution >= 0.6 is 0 Å². The molecular formula is C18H25N3O3. The average molecular weight is 331 g/mol. The smallest absolute Gasteiger partial charge is 0.260 e. The summed E-state index contributed by atoms with van der Waals surface area (Å²) in [5, 5.41) is 10.4. The third-order valence-electron chi connectivity index (χ3n) is 4.18. The van der Waals surface area contributed by atoms with E-state index in [0.717, 1.165) is 32.4 Å². The number of nitrogens with zero attached hydrogens (tertiary/aromatic N) is 1. The fraction of sp³-hybridized carbons (Fsp3) is 0.444. The van der Waals surface area contributed by atoms with Crippen molar-refractivity contribution in [2.45, 2.75) is 45.6 Å². The van der Waals surface area contributed by atoms with Crippen molar-refractivity contribution >= 4 is 11.8 Å². The van der Waals surface area contributed by atoms with Crippen LogP contribution in [0.5, 0.6) is 0 Å². The predicted octanol–water partition coefficient (Wildman–Crippen LogP) is 2.09. The molecule has 6 heteroatoms.